The van der Waals surface area contributed by atoms with Crippen molar-refractivity contribution in [2.45, 2.75) is 6.42 Å². The quantitative estimate of drug-likeness (QED) is 0.458. The fourth-order valence-electron chi connectivity index (χ4n) is 1.84. The molecule has 0 fully saturated rings. The Labute approximate surface area is 158 Å². The molecule has 2 rings (SSSR count). The fraction of sp³-hybridized carbons (Fsp3) is 0.158. The Morgan fingerprint density at radius 1 is 1.12 bits per heavy atom. The molecular formula is C19H15FeNO4. The first-order valence-electron chi connectivity index (χ1n) is 6.48. The Morgan fingerprint density at radius 2 is 1.68 bits per heavy atom. The fourth-order valence-corrected chi connectivity index (χ4v) is 1.84. The van der Waals surface area contributed by atoms with Gasteiger partial charge in [-0.2, -0.15) is 5.26 Å². The van der Waals surface area contributed by atoms with Crippen molar-refractivity contribution in [3.8, 4) is 6.07 Å². The summed E-state index contributed by atoms with van der Waals surface area (Å²) in [5.74, 6) is 0.814. The van der Waals surface area contributed by atoms with Gasteiger partial charge < -0.3 is 4.74 Å². The Morgan fingerprint density at radius 3 is 2.08 bits per heavy atom. The van der Waals surface area contributed by atoms with E-state index in [0.29, 0.717) is 6.42 Å². The largest absolute Gasteiger partial charge is 0 e. The molecule has 1 unspecified atom stereocenters. The number of nitriles is 1. The number of benzene rings is 1. The first kappa shape index (κ1) is 27.3. The number of methoxy groups -OCH3 is 1. The van der Waals surface area contributed by atoms with Gasteiger partial charge in [0.25, 0.3) is 0 Å². The molecule has 25 heavy (non-hydrogen) atoms. The predicted octanol–water partition coefficient (Wildman–Crippen LogP) is 3.58. The van der Waals surface area contributed by atoms with Crippen LogP contribution in [0, 0.1) is 36.7 Å². The predicted molar refractivity (Wildman–Crippen MR) is 84.2 cm³/mol. The Hall–Kier alpha value is -2.53. The van der Waals surface area contributed by atoms with Gasteiger partial charge in [-0.15, -0.1) is 0 Å². The maximum absolute atomic E-state index is 9.36. The number of nitrogens with zero attached hydrogens (tertiary/aromatic N) is 1. The van der Waals surface area contributed by atoms with Gasteiger partial charge in [0.05, 0.1) is 18.6 Å². The topological polar surface area (TPSA) is 92.7 Å². The third-order valence-corrected chi connectivity index (χ3v) is 3.00. The molecule has 1 aromatic rings. The number of rotatable bonds is 3. The molecule has 0 aromatic heterocycles. The van der Waals surface area contributed by atoms with Gasteiger partial charge in [0.1, 0.15) is 5.76 Å². The average molecular weight is 377 g/mol. The van der Waals surface area contributed by atoms with Crippen LogP contribution in [-0.2, 0) is 35.8 Å². The first-order chi connectivity index (χ1) is 11.8. The molecular weight excluding hydrogens is 362 g/mol. The molecule has 5 nitrogen and oxygen atoms in total. The Kier molecular flexibility index (Phi) is 19.5. The van der Waals surface area contributed by atoms with Gasteiger partial charge in [-0.1, -0.05) is 48.6 Å². The van der Waals surface area contributed by atoms with Crippen LogP contribution in [0.25, 0.3) is 6.08 Å². The van der Waals surface area contributed by atoms with E-state index in [0.717, 1.165) is 11.3 Å². The van der Waals surface area contributed by atoms with Gasteiger partial charge >= 0.3 is 33.9 Å². The zero-order valence-corrected chi connectivity index (χ0v) is 14.5. The summed E-state index contributed by atoms with van der Waals surface area (Å²) in [6.45, 7) is 13.5. The SMILES string of the molecule is COC1=CCC(C#N)(/C=C/c2ccccc2)C=C1.[C-]#[O+].[C-]#[O+].[C-]#[O+].[Fe]. The molecule has 128 valence electrons. The third kappa shape index (κ3) is 10.0. The van der Waals surface area contributed by atoms with Gasteiger partial charge in [0.15, 0.2) is 0 Å². The monoisotopic (exact) mass is 377 g/mol. The summed E-state index contributed by atoms with van der Waals surface area (Å²) in [7, 11) is 1.63. The van der Waals surface area contributed by atoms with E-state index < -0.39 is 5.41 Å². The number of ether oxygens (including phenoxy) is 1. The second kappa shape index (κ2) is 17.8. The average Bonchev–Trinajstić information content (AvgIpc) is 2.72. The molecule has 0 aliphatic heterocycles. The maximum atomic E-state index is 9.36. The zero-order chi connectivity index (χ0) is 18.8. The number of allylic oxidation sites excluding steroid dienone is 4. The molecule has 0 heterocycles. The van der Waals surface area contributed by atoms with Crippen molar-refractivity contribution >= 4 is 6.08 Å². The van der Waals surface area contributed by atoms with Gasteiger partial charge in [-0.3, -0.25) is 0 Å². The summed E-state index contributed by atoms with van der Waals surface area (Å²) < 4.78 is 27.6. The molecule has 0 N–H and O–H groups in total. The molecule has 1 atom stereocenters. The summed E-state index contributed by atoms with van der Waals surface area (Å²) in [5, 5.41) is 9.36. The van der Waals surface area contributed by atoms with E-state index in [9.17, 15) is 5.26 Å². The van der Waals surface area contributed by atoms with Crippen molar-refractivity contribution in [2.75, 3.05) is 7.11 Å². The van der Waals surface area contributed by atoms with Gasteiger partial charge in [-0.25, -0.2) is 0 Å². The van der Waals surface area contributed by atoms with E-state index in [1.807, 2.05) is 60.7 Å². The van der Waals surface area contributed by atoms with Crippen LogP contribution < -0.4 is 0 Å². The molecule has 0 saturated carbocycles. The van der Waals surface area contributed by atoms with Gasteiger partial charge in [-0.05, 0) is 24.1 Å². The molecule has 1 aliphatic carbocycles. The molecule has 0 radical (unpaired) electrons. The van der Waals surface area contributed by atoms with E-state index in [2.05, 4.69) is 26.0 Å². The molecule has 1 aromatic carbocycles. The molecule has 1 aliphatic rings. The Balaban J connectivity index is -0.000000626. The van der Waals surface area contributed by atoms with Crippen molar-refractivity contribution in [1.82, 2.24) is 0 Å². The zero-order valence-electron chi connectivity index (χ0n) is 13.4. The number of hydrogen-bond acceptors (Lipinski definition) is 2. The van der Waals surface area contributed by atoms with Crippen molar-refractivity contribution < 1.29 is 35.8 Å². The molecule has 0 amide bonds. The van der Waals surface area contributed by atoms with Crippen LogP contribution in [-0.4, -0.2) is 7.11 Å². The smallest absolute Gasteiger partial charge is 0 e. The van der Waals surface area contributed by atoms with Crippen molar-refractivity contribution in [1.29, 1.82) is 5.26 Å². The normalized spacial score (nSPS) is 16.5. The standard InChI is InChI=1S/C16H15NO.3CO.Fe/c1-18-15-8-11-16(13-17,12-9-15)10-7-14-5-3-2-4-6-14;3*1-2;/h2-11H,12H2,1H3;;;;/b10-7+;;;;. The van der Waals surface area contributed by atoms with Gasteiger partial charge in [0, 0.05) is 17.1 Å². The first-order valence-corrected chi connectivity index (χ1v) is 6.48. The third-order valence-electron chi connectivity index (χ3n) is 3.00. The summed E-state index contributed by atoms with van der Waals surface area (Å²) in [5.41, 5.74) is 0.541. The van der Waals surface area contributed by atoms with Crippen LogP contribution in [0.2, 0.25) is 0 Å². The number of hydrogen-bond donors (Lipinski definition) is 0. The molecule has 6 heteroatoms. The summed E-state index contributed by atoms with van der Waals surface area (Å²) >= 11 is 0. The van der Waals surface area contributed by atoms with Crippen LogP contribution in [0.4, 0.5) is 0 Å². The molecule has 0 saturated heterocycles. The summed E-state index contributed by atoms with van der Waals surface area (Å²) in [4.78, 5) is 0. The summed E-state index contributed by atoms with van der Waals surface area (Å²) in [6.07, 6.45) is 10.3. The maximum Gasteiger partial charge on any atom is 0 e. The van der Waals surface area contributed by atoms with E-state index in [4.69, 9.17) is 18.7 Å². The van der Waals surface area contributed by atoms with Crippen molar-refractivity contribution in [3.63, 3.8) is 0 Å². The second-order valence-electron chi connectivity index (χ2n) is 4.24. The molecule has 0 bridgehead atoms. The minimum atomic E-state index is -0.558. The van der Waals surface area contributed by atoms with E-state index in [1.165, 1.54) is 0 Å². The minimum Gasteiger partial charge on any atom is 0 e. The van der Waals surface area contributed by atoms with Crippen LogP contribution >= 0.6 is 0 Å². The van der Waals surface area contributed by atoms with Crippen LogP contribution in [0.1, 0.15) is 12.0 Å². The minimum absolute atomic E-state index is 0. The van der Waals surface area contributed by atoms with Crippen molar-refractivity contribution in [3.05, 3.63) is 85.9 Å². The summed E-state index contributed by atoms with van der Waals surface area (Å²) in [6, 6.07) is 12.3. The van der Waals surface area contributed by atoms with E-state index >= 15 is 0 Å². The van der Waals surface area contributed by atoms with E-state index in [1.54, 1.807) is 7.11 Å². The Bertz CT molecular complexity index is 652. The van der Waals surface area contributed by atoms with Crippen LogP contribution in [0.3, 0.4) is 0 Å². The van der Waals surface area contributed by atoms with E-state index in [-0.39, 0.29) is 17.1 Å². The van der Waals surface area contributed by atoms with Crippen LogP contribution in [0.5, 0.6) is 0 Å². The van der Waals surface area contributed by atoms with Gasteiger partial charge in [0.2, 0.25) is 0 Å². The molecule has 0 spiro atoms. The van der Waals surface area contributed by atoms with Crippen molar-refractivity contribution in [2.24, 2.45) is 5.41 Å². The van der Waals surface area contributed by atoms with Crippen LogP contribution in [0.15, 0.2) is 60.4 Å². The second-order valence-corrected chi connectivity index (χ2v) is 4.24.